The minimum absolute atomic E-state index is 0. The SMILES string of the molecule is C=C(CC)C(=O)O.C=C(CC)C(=O)O.C=C(CCC[N+](C)(C)C)C(=O)O.[Cl-]. The highest BCUT2D eigenvalue weighted by atomic mass is 35.5. The zero-order valence-electron chi connectivity index (χ0n) is 17.0. The third-order valence-corrected chi connectivity index (χ3v) is 3.07. The number of carboxylic acids is 3. The molecule has 8 heteroatoms. The third-order valence-electron chi connectivity index (χ3n) is 3.07. The monoisotopic (exact) mass is 407 g/mol. The van der Waals surface area contributed by atoms with Crippen LogP contribution in [0, 0.1) is 0 Å². The Bertz CT molecular complexity index is 495. The maximum atomic E-state index is 10.4. The zero-order valence-corrected chi connectivity index (χ0v) is 17.8. The number of halogens is 1. The largest absolute Gasteiger partial charge is 1.00 e. The van der Waals surface area contributed by atoms with Crippen molar-refractivity contribution in [1.29, 1.82) is 0 Å². The van der Waals surface area contributed by atoms with E-state index < -0.39 is 17.9 Å². The molecule has 0 rings (SSSR count). The van der Waals surface area contributed by atoms with Crippen LogP contribution in [0.2, 0.25) is 0 Å². The first-order chi connectivity index (χ1) is 11.7. The van der Waals surface area contributed by atoms with E-state index in [1.807, 2.05) is 0 Å². The summed E-state index contributed by atoms with van der Waals surface area (Å²) in [5.41, 5.74) is 0.837. The molecule has 0 saturated carbocycles. The van der Waals surface area contributed by atoms with Gasteiger partial charge >= 0.3 is 17.9 Å². The predicted octanol–water partition coefficient (Wildman–Crippen LogP) is 0.192. The van der Waals surface area contributed by atoms with Gasteiger partial charge in [-0.05, 0) is 19.3 Å². The molecule has 158 valence electrons. The van der Waals surface area contributed by atoms with Gasteiger partial charge in [-0.3, -0.25) is 0 Å². The standard InChI is InChI=1S/C9H17NO2.2C5H8O2.ClH/c1-8(9(11)12)6-5-7-10(2,3)4;2*1-3-4(2)5(6)7;/h1,5-7H2,2-4H3;2*2-3H2,1H3,(H,6,7);1H. The Morgan fingerprint density at radius 1 is 0.741 bits per heavy atom. The summed E-state index contributed by atoms with van der Waals surface area (Å²) < 4.78 is 0.868. The quantitative estimate of drug-likeness (QED) is 0.371. The lowest BCUT2D eigenvalue weighted by Crippen LogP contribution is -3.00. The van der Waals surface area contributed by atoms with Gasteiger partial charge in [0.15, 0.2) is 0 Å². The van der Waals surface area contributed by atoms with E-state index in [0.717, 1.165) is 17.4 Å². The highest BCUT2D eigenvalue weighted by molar-refractivity contribution is 5.86. The molecule has 0 fully saturated rings. The zero-order chi connectivity index (χ0) is 21.5. The number of quaternary nitrogens is 1. The molecule has 0 aromatic carbocycles. The van der Waals surface area contributed by atoms with Gasteiger partial charge in [0.25, 0.3) is 0 Å². The summed E-state index contributed by atoms with van der Waals surface area (Å²) in [5.74, 6) is -2.68. The molecule has 0 aliphatic rings. The summed E-state index contributed by atoms with van der Waals surface area (Å²) in [5, 5.41) is 24.7. The Kier molecular flexibility index (Phi) is 20.9. The lowest BCUT2D eigenvalue weighted by molar-refractivity contribution is -0.870. The molecule has 0 spiro atoms. The molecule has 0 aliphatic carbocycles. The summed E-state index contributed by atoms with van der Waals surface area (Å²) in [6, 6.07) is 0. The molecular weight excluding hydrogens is 374 g/mol. The summed E-state index contributed by atoms with van der Waals surface area (Å²) >= 11 is 0. The summed E-state index contributed by atoms with van der Waals surface area (Å²) in [6.45, 7) is 14.5. The topological polar surface area (TPSA) is 112 Å². The number of hydrogen-bond donors (Lipinski definition) is 3. The Balaban J connectivity index is -0.000000153. The van der Waals surface area contributed by atoms with Gasteiger partial charge in [0, 0.05) is 23.1 Å². The predicted molar refractivity (Wildman–Crippen MR) is 103 cm³/mol. The Morgan fingerprint density at radius 3 is 1.19 bits per heavy atom. The van der Waals surface area contributed by atoms with Gasteiger partial charge in [-0.25, -0.2) is 14.4 Å². The van der Waals surface area contributed by atoms with Crippen LogP contribution in [0.1, 0.15) is 39.5 Å². The number of rotatable bonds is 9. The van der Waals surface area contributed by atoms with Crippen LogP contribution in [0.5, 0.6) is 0 Å². The first-order valence-electron chi connectivity index (χ1n) is 8.23. The van der Waals surface area contributed by atoms with Crippen molar-refractivity contribution in [1.82, 2.24) is 0 Å². The summed E-state index contributed by atoms with van der Waals surface area (Å²) in [6.07, 6.45) is 2.52. The maximum absolute atomic E-state index is 10.4. The van der Waals surface area contributed by atoms with Crippen LogP contribution in [-0.2, 0) is 14.4 Å². The highest BCUT2D eigenvalue weighted by Gasteiger charge is 2.09. The number of carboxylic acid groups (broad SMARTS) is 3. The minimum Gasteiger partial charge on any atom is -1.00 e. The molecule has 7 nitrogen and oxygen atoms in total. The summed E-state index contributed by atoms with van der Waals surface area (Å²) in [7, 11) is 6.26. The Hall–Kier alpha value is -2.12. The second-order valence-corrected chi connectivity index (χ2v) is 6.55. The van der Waals surface area contributed by atoms with E-state index in [1.54, 1.807) is 13.8 Å². The molecule has 0 atom stereocenters. The van der Waals surface area contributed by atoms with Gasteiger partial charge in [-0.15, -0.1) is 0 Å². The van der Waals surface area contributed by atoms with E-state index in [0.29, 0.717) is 24.8 Å². The van der Waals surface area contributed by atoms with E-state index in [1.165, 1.54) is 0 Å². The average Bonchev–Trinajstić information content (AvgIpc) is 2.52. The lowest BCUT2D eigenvalue weighted by Gasteiger charge is -2.23. The molecule has 0 saturated heterocycles. The molecule has 0 aromatic heterocycles. The molecule has 0 bridgehead atoms. The van der Waals surface area contributed by atoms with Crippen molar-refractivity contribution in [3.8, 4) is 0 Å². The van der Waals surface area contributed by atoms with E-state index >= 15 is 0 Å². The van der Waals surface area contributed by atoms with Gasteiger partial charge in [-0.1, -0.05) is 33.6 Å². The van der Waals surface area contributed by atoms with Gasteiger partial charge in [0.2, 0.25) is 0 Å². The molecule has 3 N–H and O–H groups in total. The number of aliphatic carboxylic acids is 3. The number of hydrogen-bond acceptors (Lipinski definition) is 3. The van der Waals surface area contributed by atoms with E-state index in [2.05, 4.69) is 40.9 Å². The second-order valence-electron chi connectivity index (χ2n) is 6.55. The smallest absolute Gasteiger partial charge is 0.330 e. The van der Waals surface area contributed by atoms with Crippen molar-refractivity contribution in [2.45, 2.75) is 39.5 Å². The van der Waals surface area contributed by atoms with Crippen LogP contribution in [0.25, 0.3) is 0 Å². The van der Waals surface area contributed by atoms with Gasteiger partial charge in [-0.2, -0.15) is 0 Å². The van der Waals surface area contributed by atoms with Crippen LogP contribution in [0.15, 0.2) is 36.5 Å². The van der Waals surface area contributed by atoms with E-state index in [-0.39, 0.29) is 23.6 Å². The molecule has 0 aromatic rings. The number of nitrogens with zero attached hydrogens (tertiary/aromatic N) is 1. The van der Waals surface area contributed by atoms with Crippen LogP contribution < -0.4 is 12.4 Å². The summed E-state index contributed by atoms with van der Waals surface area (Å²) in [4.78, 5) is 30.0. The van der Waals surface area contributed by atoms with Crippen LogP contribution in [0.3, 0.4) is 0 Å². The lowest BCUT2D eigenvalue weighted by atomic mass is 10.1. The highest BCUT2D eigenvalue weighted by Crippen LogP contribution is 2.04. The Labute approximate surface area is 168 Å². The third kappa shape index (κ3) is 26.2. The Morgan fingerprint density at radius 2 is 1.04 bits per heavy atom. The van der Waals surface area contributed by atoms with Gasteiger partial charge in [0.1, 0.15) is 0 Å². The molecule has 0 aliphatic heterocycles. The number of carbonyl (C=O) groups is 3. The van der Waals surface area contributed by atoms with Crippen molar-refractivity contribution in [3.63, 3.8) is 0 Å². The fourth-order valence-corrected chi connectivity index (χ4v) is 1.18. The van der Waals surface area contributed by atoms with Crippen LogP contribution in [-0.4, -0.2) is 65.4 Å². The molecule has 0 heterocycles. The first kappa shape index (κ1) is 32.5. The molecule has 0 amide bonds. The fourth-order valence-electron chi connectivity index (χ4n) is 1.18. The molecule has 0 radical (unpaired) electrons. The second kappa shape index (κ2) is 17.3. The molecule has 27 heavy (non-hydrogen) atoms. The normalized spacial score (nSPS) is 9.22. The molecular formula is C19H34ClNO6. The average molecular weight is 408 g/mol. The van der Waals surface area contributed by atoms with Crippen LogP contribution >= 0.6 is 0 Å². The van der Waals surface area contributed by atoms with E-state index in [9.17, 15) is 14.4 Å². The maximum Gasteiger partial charge on any atom is 0.330 e. The van der Waals surface area contributed by atoms with Crippen molar-refractivity contribution in [2.24, 2.45) is 0 Å². The van der Waals surface area contributed by atoms with Crippen molar-refractivity contribution in [2.75, 3.05) is 27.7 Å². The molecule has 0 unspecified atom stereocenters. The van der Waals surface area contributed by atoms with Crippen molar-refractivity contribution >= 4 is 17.9 Å². The van der Waals surface area contributed by atoms with Gasteiger partial charge in [0.05, 0.1) is 27.7 Å². The van der Waals surface area contributed by atoms with Crippen molar-refractivity contribution in [3.05, 3.63) is 36.5 Å². The minimum atomic E-state index is -0.900. The first-order valence-corrected chi connectivity index (χ1v) is 8.23. The van der Waals surface area contributed by atoms with E-state index in [4.69, 9.17) is 15.3 Å². The van der Waals surface area contributed by atoms with Gasteiger partial charge < -0.3 is 32.2 Å². The fraction of sp³-hybridized carbons (Fsp3) is 0.526. The van der Waals surface area contributed by atoms with Crippen molar-refractivity contribution < 1.29 is 46.6 Å². The van der Waals surface area contributed by atoms with Crippen LogP contribution in [0.4, 0.5) is 0 Å².